The molecule has 0 aliphatic carbocycles. The summed E-state index contributed by atoms with van der Waals surface area (Å²) in [6.07, 6.45) is 3.04. The number of unbranched alkanes of at least 4 members (excludes halogenated alkanes) is 1. The molecule has 31 heavy (non-hydrogen) atoms. The van der Waals surface area contributed by atoms with Crippen molar-refractivity contribution in [1.82, 2.24) is 14.8 Å². The highest BCUT2D eigenvalue weighted by atomic mass is 32.1. The fraction of sp³-hybridized carbons (Fsp3) is 0.565. The van der Waals surface area contributed by atoms with E-state index >= 15 is 0 Å². The van der Waals surface area contributed by atoms with Gasteiger partial charge in [0.05, 0.1) is 32.0 Å². The minimum atomic E-state index is 0.125. The zero-order valence-corrected chi connectivity index (χ0v) is 20.0. The highest BCUT2D eigenvalue weighted by Crippen LogP contribution is 2.40. The molecule has 8 heteroatoms. The van der Waals surface area contributed by atoms with Crippen LogP contribution >= 0.6 is 11.3 Å². The quantitative estimate of drug-likeness (QED) is 0.583. The number of methoxy groups -OCH3 is 3. The number of hydrogen-bond donors (Lipinski definition) is 0. The van der Waals surface area contributed by atoms with Crippen LogP contribution in [0, 0.1) is 6.92 Å². The molecule has 0 radical (unpaired) electrons. The maximum absolute atomic E-state index is 13.1. The number of rotatable bonds is 9. The van der Waals surface area contributed by atoms with Gasteiger partial charge in [-0.3, -0.25) is 9.69 Å². The smallest absolute Gasteiger partial charge is 0.265 e. The lowest BCUT2D eigenvalue weighted by Gasteiger charge is -2.35. The molecule has 0 unspecified atom stereocenters. The maximum Gasteiger partial charge on any atom is 0.265 e. The van der Waals surface area contributed by atoms with Crippen LogP contribution in [0.3, 0.4) is 0 Å². The van der Waals surface area contributed by atoms with Gasteiger partial charge in [0.15, 0.2) is 11.5 Å². The van der Waals surface area contributed by atoms with Crippen molar-refractivity contribution in [3.63, 3.8) is 0 Å². The second kappa shape index (κ2) is 10.8. The number of carbonyl (C=O) groups is 1. The summed E-state index contributed by atoms with van der Waals surface area (Å²) in [5.41, 5.74) is 2.01. The molecule has 1 fully saturated rings. The summed E-state index contributed by atoms with van der Waals surface area (Å²) < 4.78 is 16.5. The Morgan fingerprint density at radius 1 is 1.06 bits per heavy atom. The Hall–Kier alpha value is -2.32. The van der Waals surface area contributed by atoms with E-state index in [1.54, 1.807) is 21.3 Å². The molecule has 1 amide bonds. The van der Waals surface area contributed by atoms with E-state index in [4.69, 9.17) is 14.2 Å². The molecule has 0 N–H and O–H groups in total. The van der Waals surface area contributed by atoms with Gasteiger partial charge in [-0.15, -0.1) is 11.3 Å². The van der Waals surface area contributed by atoms with Crippen molar-refractivity contribution < 1.29 is 19.0 Å². The number of hydrogen-bond acceptors (Lipinski definition) is 7. The lowest BCUT2D eigenvalue weighted by atomic mass is 10.1. The monoisotopic (exact) mass is 447 g/mol. The predicted molar refractivity (Wildman–Crippen MR) is 123 cm³/mol. The van der Waals surface area contributed by atoms with Crippen molar-refractivity contribution in [2.75, 3.05) is 47.5 Å². The number of ether oxygens (including phenoxy) is 3. The van der Waals surface area contributed by atoms with Gasteiger partial charge in [-0.2, -0.15) is 0 Å². The molecule has 3 rings (SSSR count). The van der Waals surface area contributed by atoms with Crippen molar-refractivity contribution in [2.24, 2.45) is 0 Å². The van der Waals surface area contributed by atoms with Gasteiger partial charge in [-0.1, -0.05) is 19.4 Å². The van der Waals surface area contributed by atoms with E-state index in [1.807, 2.05) is 24.0 Å². The first-order chi connectivity index (χ1) is 15.0. The van der Waals surface area contributed by atoms with Crippen LogP contribution < -0.4 is 14.2 Å². The number of nitrogens with zero attached hydrogens (tertiary/aromatic N) is 3. The number of thiazole rings is 1. The number of amides is 1. The minimum Gasteiger partial charge on any atom is -0.493 e. The Morgan fingerprint density at radius 3 is 2.39 bits per heavy atom. The molecule has 0 saturated carbocycles. The Kier molecular flexibility index (Phi) is 8.15. The van der Waals surface area contributed by atoms with E-state index in [9.17, 15) is 4.79 Å². The highest BCUT2D eigenvalue weighted by Gasteiger charge is 2.27. The molecule has 1 aliphatic rings. The maximum atomic E-state index is 13.1. The van der Waals surface area contributed by atoms with Crippen LogP contribution in [0.2, 0.25) is 0 Å². The van der Waals surface area contributed by atoms with Crippen LogP contribution in [0.25, 0.3) is 0 Å². The zero-order chi connectivity index (χ0) is 22.4. The lowest BCUT2D eigenvalue weighted by Crippen LogP contribution is -2.48. The summed E-state index contributed by atoms with van der Waals surface area (Å²) in [5, 5.41) is 0.966. The van der Waals surface area contributed by atoms with E-state index in [1.165, 1.54) is 11.3 Å². The van der Waals surface area contributed by atoms with Gasteiger partial charge < -0.3 is 19.1 Å². The summed E-state index contributed by atoms with van der Waals surface area (Å²) in [4.78, 5) is 22.9. The summed E-state index contributed by atoms with van der Waals surface area (Å²) >= 11 is 1.52. The van der Waals surface area contributed by atoms with Crippen LogP contribution in [0.4, 0.5) is 0 Å². The van der Waals surface area contributed by atoms with Gasteiger partial charge in [-0.05, 0) is 25.8 Å². The molecule has 1 aromatic carbocycles. The first kappa shape index (κ1) is 23.3. The van der Waals surface area contributed by atoms with Gasteiger partial charge in [0.1, 0.15) is 4.88 Å². The normalized spacial score (nSPS) is 14.5. The van der Waals surface area contributed by atoms with Gasteiger partial charge in [0.2, 0.25) is 5.75 Å². The zero-order valence-electron chi connectivity index (χ0n) is 19.2. The summed E-state index contributed by atoms with van der Waals surface area (Å²) in [5.74, 6) is 2.08. The molecule has 0 bridgehead atoms. The van der Waals surface area contributed by atoms with Crippen LogP contribution in [-0.2, 0) is 13.0 Å². The van der Waals surface area contributed by atoms with Crippen molar-refractivity contribution in [2.45, 2.75) is 39.7 Å². The van der Waals surface area contributed by atoms with Crippen molar-refractivity contribution >= 4 is 17.2 Å². The Labute approximate surface area is 188 Å². The van der Waals surface area contributed by atoms with Crippen LogP contribution in [0.5, 0.6) is 17.2 Å². The number of carbonyl (C=O) groups excluding carboxylic acids is 1. The Bertz CT molecular complexity index is 891. The Balaban J connectivity index is 1.65. The molecule has 2 aromatic rings. The van der Waals surface area contributed by atoms with E-state index in [0.717, 1.165) is 60.0 Å². The SMILES string of the molecule is CCCCc1nc(C)sc1C(=O)N1CCN(Cc2ccc(OC)c(OC)c2OC)CC1. The van der Waals surface area contributed by atoms with Gasteiger partial charge in [-0.25, -0.2) is 4.98 Å². The van der Waals surface area contributed by atoms with Gasteiger partial charge in [0, 0.05) is 38.3 Å². The van der Waals surface area contributed by atoms with Gasteiger partial charge in [0.25, 0.3) is 5.91 Å². The summed E-state index contributed by atoms with van der Waals surface area (Å²) in [6.45, 7) is 7.90. The third kappa shape index (κ3) is 5.30. The molecule has 7 nitrogen and oxygen atoms in total. The van der Waals surface area contributed by atoms with Crippen LogP contribution in [0.15, 0.2) is 12.1 Å². The highest BCUT2D eigenvalue weighted by molar-refractivity contribution is 7.13. The molecule has 1 saturated heterocycles. The average Bonchev–Trinajstić information content (AvgIpc) is 3.17. The fourth-order valence-electron chi connectivity index (χ4n) is 3.93. The van der Waals surface area contributed by atoms with Crippen LogP contribution in [0.1, 0.15) is 45.7 Å². The third-order valence-electron chi connectivity index (χ3n) is 5.60. The molecular formula is C23H33N3O4S. The fourth-order valence-corrected chi connectivity index (χ4v) is 4.87. The van der Waals surface area contributed by atoms with Crippen molar-refractivity contribution in [3.8, 4) is 17.2 Å². The van der Waals surface area contributed by atoms with E-state index in [-0.39, 0.29) is 5.91 Å². The summed E-state index contributed by atoms with van der Waals surface area (Å²) in [6, 6.07) is 3.91. The van der Waals surface area contributed by atoms with Gasteiger partial charge >= 0.3 is 0 Å². The number of benzene rings is 1. The molecule has 1 aromatic heterocycles. The molecule has 1 aliphatic heterocycles. The number of aromatic nitrogens is 1. The first-order valence-corrected chi connectivity index (χ1v) is 11.6. The standard InChI is InChI=1S/C23H33N3O4S/c1-6-7-8-18-22(31-16(2)24-18)23(27)26-13-11-25(12-14-26)15-17-9-10-19(28-3)21(30-5)20(17)29-4/h9-10H,6-8,11-15H2,1-5H3. The number of piperazine rings is 1. The lowest BCUT2D eigenvalue weighted by molar-refractivity contribution is 0.0630. The molecular weight excluding hydrogens is 414 g/mol. The van der Waals surface area contributed by atoms with Crippen molar-refractivity contribution in [1.29, 1.82) is 0 Å². The van der Waals surface area contributed by atoms with Crippen molar-refractivity contribution in [3.05, 3.63) is 33.3 Å². The third-order valence-corrected chi connectivity index (χ3v) is 6.61. The average molecular weight is 448 g/mol. The van der Waals surface area contributed by atoms with E-state index in [2.05, 4.69) is 16.8 Å². The molecule has 0 atom stereocenters. The topological polar surface area (TPSA) is 64.1 Å². The molecule has 0 spiro atoms. The minimum absolute atomic E-state index is 0.125. The van der Waals surface area contributed by atoms with E-state index < -0.39 is 0 Å². The second-order valence-corrected chi connectivity index (χ2v) is 8.88. The predicted octanol–water partition coefficient (Wildman–Crippen LogP) is 3.78. The van der Waals surface area contributed by atoms with Crippen LogP contribution in [-0.4, -0.2) is 68.2 Å². The molecule has 170 valence electrons. The second-order valence-electron chi connectivity index (χ2n) is 7.67. The molecule has 2 heterocycles. The summed E-state index contributed by atoms with van der Waals surface area (Å²) in [7, 11) is 4.88. The first-order valence-electron chi connectivity index (χ1n) is 10.8. The van der Waals surface area contributed by atoms with E-state index in [0.29, 0.717) is 30.3 Å². The number of aryl methyl sites for hydroxylation is 2. The largest absolute Gasteiger partial charge is 0.493 e. The Morgan fingerprint density at radius 2 is 1.77 bits per heavy atom.